The van der Waals surface area contributed by atoms with E-state index in [9.17, 15) is 4.79 Å². The van der Waals surface area contributed by atoms with E-state index in [0.717, 1.165) is 12.1 Å². The van der Waals surface area contributed by atoms with Gasteiger partial charge in [0.15, 0.2) is 0 Å². The lowest BCUT2D eigenvalue weighted by Crippen LogP contribution is -2.06. The molecule has 4 nitrogen and oxygen atoms in total. The number of ether oxygens (including phenoxy) is 1. The van der Waals surface area contributed by atoms with Crippen molar-refractivity contribution >= 4 is 17.3 Å². The van der Waals surface area contributed by atoms with Crippen molar-refractivity contribution in [3.8, 4) is 5.75 Å². The number of carbonyl (C=O) groups is 1. The molecule has 0 atom stereocenters. The van der Waals surface area contributed by atoms with Crippen LogP contribution in [0.4, 0.5) is 0 Å². The first-order valence-corrected chi connectivity index (χ1v) is 6.40. The second kappa shape index (κ2) is 5.64. The van der Waals surface area contributed by atoms with E-state index in [-0.39, 0.29) is 5.56 Å². The van der Waals surface area contributed by atoms with Gasteiger partial charge in [0, 0.05) is 11.3 Å². The topological polar surface area (TPSA) is 59.4 Å². The number of carboxylic acids is 1. The van der Waals surface area contributed by atoms with E-state index < -0.39 is 5.97 Å². The average Bonchev–Trinajstić information content (AvgIpc) is 2.76. The summed E-state index contributed by atoms with van der Waals surface area (Å²) in [5.41, 5.74) is 3.00. The fourth-order valence-corrected chi connectivity index (χ4v) is 2.35. The zero-order valence-corrected chi connectivity index (χ0v) is 10.7. The first kappa shape index (κ1) is 12.6. The van der Waals surface area contributed by atoms with Crippen LogP contribution in [-0.4, -0.2) is 22.7 Å². The third-order valence-corrected chi connectivity index (χ3v) is 3.54. The van der Waals surface area contributed by atoms with Crippen LogP contribution in [0.15, 0.2) is 29.8 Å². The zero-order chi connectivity index (χ0) is 13.0. The molecule has 0 fully saturated rings. The van der Waals surface area contributed by atoms with Gasteiger partial charge in [-0.15, -0.1) is 11.3 Å². The summed E-state index contributed by atoms with van der Waals surface area (Å²) in [4.78, 5) is 16.3. The first-order valence-electron chi connectivity index (χ1n) is 5.52. The molecule has 2 rings (SSSR count). The Bertz CT molecular complexity index is 551. The number of nitrogens with zero attached hydrogens (tertiary/aromatic N) is 1. The van der Waals surface area contributed by atoms with Gasteiger partial charge in [0.05, 0.1) is 17.8 Å². The van der Waals surface area contributed by atoms with Crippen LogP contribution in [0.2, 0.25) is 0 Å². The van der Waals surface area contributed by atoms with Crippen LogP contribution in [-0.2, 0) is 6.42 Å². The molecule has 0 radical (unpaired) electrons. The number of carboxylic acid groups (broad SMARTS) is 1. The minimum atomic E-state index is -0.973. The van der Waals surface area contributed by atoms with Gasteiger partial charge in [-0.25, -0.2) is 9.78 Å². The third-order valence-electron chi connectivity index (χ3n) is 2.55. The quantitative estimate of drug-likeness (QED) is 0.901. The van der Waals surface area contributed by atoms with Crippen LogP contribution < -0.4 is 4.74 Å². The molecule has 0 aliphatic carbocycles. The van der Waals surface area contributed by atoms with Gasteiger partial charge in [-0.2, -0.15) is 0 Å². The smallest absolute Gasteiger partial charge is 0.339 e. The number of aromatic nitrogens is 1. The third kappa shape index (κ3) is 2.87. The van der Waals surface area contributed by atoms with Crippen molar-refractivity contribution in [1.29, 1.82) is 0 Å². The number of aromatic carboxylic acids is 1. The minimum absolute atomic E-state index is 0.193. The molecule has 0 saturated heterocycles. The number of hydrogen-bond acceptors (Lipinski definition) is 4. The van der Waals surface area contributed by atoms with Crippen molar-refractivity contribution in [3.63, 3.8) is 0 Å². The monoisotopic (exact) mass is 263 g/mol. The summed E-state index contributed by atoms with van der Waals surface area (Å²) >= 11 is 1.59. The molecule has 1 N–H and O–H groups in total. The molecule has 0 aliphatic heterocycles. The fourth-order valence-electron chi connectivity index (χ4n) is 1.59. The Balaban J connectivity index is 1.99. The predicted molar refractivity (Wildman–Crippen MR) is 69.5 cm³/mol. The lowest BCUT2D eigenvalue weighted by Gasteiger charge is -2.08. The summed E-state index contributed by atoms with van der Waals surface area (Å²) in [6.07, 6.45) is 0.741. The van der Waals surface area contributed by atoms with Crippen LogP contribution in [0, 0.1) is 6.92 Å². The zero-order valence-electron chi connectivity index (χ0n) is 9.92. The largest absolute Gasteiger partial charge is 0.492 e. The highest BCUT2D eigenvalue weighted by Gasteiger charge is 2.10. The highest BCUT2D eigenvalue weighted by atomic mass is 32.1. The number of rotatable bonds is 5. The molecule has 18 heavy (non-hydrogen) atoms. The van der Waals surface area contributed by atoms with Crippen molar-refractivity contribution in [2.75, 3.05) is 6.61 Å². The van der Waals surface area contributed by atoms with Crippen LogP contribution >= 0.6 is 11.3 Å². The highest BCUT2D eigenvalue weighted by Crippen LogP contribution is 2.19. The van der Waals surface area contributed by atoms with E-state index >= 15 is 0 Å². The van der Waals surface area contributed by atoms with E-state index in [1.54, 1.807) is 35.0 Å². The van der Waals surface area contributed by atoms with E-state index in [1.165, 1.54) is 10.9 Å². The number of hydrogen-bond donors (Lipinski definition) is 1. The molecule has 2 aromatic rings. The van der Waals surface area contributed by atoms with Crippen molar-refractivity contribution in [2.45, 2.75) is 13.3 Å². The number of aryl methyl sites for hydroxylation is 1. The summed E-state index contributed by atoms with van der Waals surface area (Å²) in [7, 11) is 0. The van der Waals surface area contributed by atoms with E-state index in [2.05, 4.69) is 4.98 Å². The summed E-state index contributed by atoms with van der Waals surface area (Å²) in [6.45, 7) is 2.41. The van der Waals surface area contributed by atoms with Crippen molar-refractivity contribution in [3.05, 3.63) is 45.9 Å². The van der Waals surface area contributed by atoms with Crippen molar-refractivity contribution in [1.82, 2.24) is 4.98 Å². The maximum atomic E-state index is 11.0. The standard InChI is InChI=1S/C13H13NO3S/c1-9-12(18-8-14-9)6-7-17-11-5-3-2-4-10(11)13(15)16/h2-5,8H,6-7H2,1H3,(H,15,16). The average molecular weight is 263 g/mol. The molecule has 0 unspecified atom stereocenters. The molecule has 1 heterocycles. The van der Waals surface area contributed by atoms with E-state index in [1.807, 2.05) is 6.92 Å². The van der Waals surface area contributed by atoms with Crippen LogP contribution in [0.25, 0.3) is 0 Å². The Hall–Kier alpha value is -1.88. The molecule has 94 valence electrons. The highest BCUT2D eigenvalue weighted by molar-refractivity contribution is 7.09. The summed E-state index contributed by atoms with van der Waals surface area (Å²) < 4.78 is 5.52. The van der Waals surface area contributed by atoms with Gasteiger partial charge in [0.1, 0.15) is 11.3 Å². The lowest BCUT2D eigenvalue weighted by molar-refractivity contribution is 0.0692. The Morgan fingerprint density at radius 1 is 1.44 bits per heavy atom. The molecule has 0 aliphatic rings. The minimum Gasteiger partial charge on any atom is -0.492 e. The summed E-state index contributed by atoms with van der Waals surface area (Å²) in [6, 6.07) is 6.65. The van der Waals surface area contributed by atoms with Crippen molar-refractivity contribution < 1.29 is 14.6 Å². The van der Waals surface area contributed by atoms with E-state index in [0.29, 0.717) is 12.4 Å². The van der Waals surface area contributed by atoms with Gasteiger partial charge in [-0.3, -0.25) is 0 Å². The second-order valence-corrected chi connectivity index (χ2v) is 4.70. The molecular weight excluding hydrogens is 250 g/mol. The van der Waals surface area contributed by atoms with Gasteiger partial charge in [-0.05, 0) is 19.1 Å². The Morgan fingerprint density at radius 2 is 2.22 bits per heavy atom. The maximum Gasteiger partial charge on any atom is 0.339 e. The maximum absolute atomic E-state index is 11.0. The SMILES string of the molecule is Cc1ncsc1CCOc1ccccc1C(=O)O. The fraction of sp³-hybridized carbons (Fsp3) is 0.231. The number of thiazole rings is 1. The Labute approximate surface area is 109 Å². The van der Waals surface area contributed by atoms with Gasteiger partial charge in [-0.1, -0.05) is 12.1 Å². The van der Waals surface area contributed by atoms with Crippen LogP contribution in [0.1, 0.15) is 20.9 Å². The van der Waals surface area contributed by atoms with Gasteiger partial charge in [0.25, 0.3) is 0 Å². The molecule has 0 amide bonds. The second-order valence-electron chi connectivity index (χ2n) is 3.76. The van der Waals surface area contributed by atoms with Crippen LogP contribution in [0.5, 0.6) is 5.75 Å². The van der Waals surface area contributed by atoms with Gasteiger partial charge >= 0.3 is 5.97 Å². The normalized spacial score (nSPS) is 10.3. The molecule has 5 heteroatoms. The summed E-state index contributed by atoms with van der Waals surface area (Å²) in [5.74, 6) is -0.563. The van der Waals surface area contributed by atoms with E-state index in [4.69, 9.17) is 9.84 Å². The van der Waals surface area contributed by atoms with Crippen molar-refractivity contribution in [2.24, 2.45) is 0 Å². The van der Waals surface area contributed by atoms with Gasteiger partial charge < -0.3 is 9.84 Å². The molecule has 0 bridgehead atoms. The first-order chi connectivity index (χ1) is 8.68. The van der Waals surface area contributed by atoms with Crippen LogP contribution in [0.3, 0.4) is 0 Å². The van der Waals surface area contributed by atoms with Gasteiger partial charge in [0.2, 0.25) is 0 Å². The molecular formula is C13H13NO3S. The predicted octanol–water partition coefficient (Wildman–Crippen LogP) is 2.77. The Morgan fingerprint density at radius 3 is 2.89 bits per heavy atom. The number of benzene rings is 1. The Kier molecular flexibility index (Phi) is 3.94. The summed E-state index contributed by atoms with van der Waals surface area (Å²) in [5, 5.41) is 9.01. The molecule has 0 saturated carbocycles. The number of para-hydroxylation sites is 1. The molecule has 0 spiro atoms. The lowest BCUT2D eigenvalue weighted by atomic mass is 10.2. The molecule has 1 aromatic carbocycles. The molecule has 1 aromatic heterocycles.